The molecule has 2 atom stereocenters. The van der Waals surface area contributed by atoms with Crippen LogP contribution >= 0.6 is 0 Å². The Morgan fingerprint density at radius 2 is 1.02 bits per heavy atom. The Balaban J connectivity index is 2.00. The lowest BCUT2D eigenvalue weighted by Crippen LogP contribution is -2.45. The van der Waals surface area contributed by atoms with Crippen LogP contribution in [0, 0.1) is 0 Å². The lowest BCUT2D eigenvalue weighted by Gasteiger charge is -2.32. The first kappa shape index (κ1) is 50.2. The SMILES string of the molecule is CCCCCCCCC(CCCCCC)OC(=O)CCN(CCC(=O)OC(CCCCCC)CCCCCCCC)Cc1cnn(CCN2CCN(C)CC2)c1. The van der Waals surface area contributed by atoms with E-state index in [-0.39, 0.29) is 24.1 Å². The summed E-state index contributed by atoms with van der Waals surface area (Å²) in [4.78, 5) is 33.9. The average molecular weight is 788 g/mol. The largest absolute Gasteiger partial charge is 0.462 e. The van der Waals surface area contributed by atoms with Crippen molar-refractivity contribution in [2.75, 3.05) is 52.9 Å². The summed E-state index contributed by atoms with van der Waals surface area (Å²) < 4.78 is 14.4. The monoisotopic (exact) mass is 788 g/mol. The van der Waals surface area contributed by atoms with Crippen LogP contribution in [0.4, 0.5) is 0 Å². The lowest BCUT2D eigenvalue weighted by atomic mass is 10.0. The second kappa shape index (κ2) is 33.9. The highest BCUT2D eigenvalue weighted by atomic mass is 16.5. The Bertz CT molecular complexity index is 1020. The van der Waals surface area contributed by atoms with Gasteiger partial charge >= 0.3 is 11.9 Å². The summed E-state index contributed by atoms with van der Waals surface area (Å²) in [5, 5.41) is 4.69. The van der Waals surface area contributed by atoms with Crippen molar-refractivity contribution in [1.82, 2.24) is 24.5 Å². The fraction of sp³-hybridized carbons (Fsp3) is 0.894. The van der Waals surface area contributed by atoms with Crippen LogP contribution in [-0.4, -0.2) is 101 Å². The van der Waals surface area contributed by atoms with Crippen molar-refractivity contribution in [1.29, 1.82) is 0 Å². The Morgan fingerprint density at radius 3 is 1.46 bits per heavy atom. The molecule has 0 aromatic carbocycles. The molecule has 0 spiro atoms. The summed E-state index contributed by atoms with van der Waals surface area (Å²) in [6, 6.07) is 0. The minimum absolute atomic E-state index is 0.00778. The number of hydrogen-bond acceptors (Lipinski definition) is 8. The minimum atomic E-state index is -0.113. The summed E-state index contributed by atoms with van der Waals surface area (Å²) in [7, 11) is 2.19. The Morgan fingerprint density at radius 1 is 0.607 bits per heavy atom. The normalized spacial score (nSPS) is 15.0. The molecule has 9 heteroatoms. The van der Waals surface area contributed by atoms with E-state index < -0.39 is 0 Å². The van der Waals surface area contributed by atoms with Gasteiger partial charge in [0, 0.05) is 64.1 Å². The van der Waals surface area contributed by atoms with Gasteiger partial charge in [0.1, 0.15) is 12.2 Å². The van der Waals surface area contributed by atoms with Gasteiger partial charge in [-0.05, 0) is 58.4 Å². The van der Waals surface area contributed by atoms with Crippen LogP contribution in [0.1, 0.15) is 200 Å². The Hall–Kier alpha value is -1.97. The van der Waals surface area contributed by atoms with Gasteiger partial charge in [-0.3, -0.25) is 24.1 Å². The van der Waals surface area contributed by atoms with Gasteiger partial charge in [-0.1, -0.05) is 130 Å². The van der Waals surface area contributed by atoms with Crippen LogP contribution in [0.15, 0.2) is 12.4 Å². The summed E-state index contributed by atoms with van der Waals surface area (Å²) in [6.45, 7) is 17.0. The third-order valence-corrected chi connectivity index (χ3v) is 11.7. The first-order chi connectivity index (χ1) is 27.4. The fourth-order valence-corrected chi connectivity index (χ4v) is 7.87. The van der Waals surface area contributed by atoms with E-state index in [0.29, 0.717) is 32.5 Å². The number of aromatic nitrogens is 2. The summed E-state index contributed by atoms with van der Waals surface area (Å²) in [5.41, 5.74) is 1.11. The zero-order valence-corrected chi connectivity index (χ0v) is 37.4. The highest BCUT2D eigenvalue weighted by Crippen LogP contribution is 2.19. The van der Waals surface area contributed by atoms with E-state index in [4.69, 9.17) is 14.6 Å². The molecule has 9 nitrogen and oxygen atoms in total. The summed E-state index contributed by atoms with van der Waals surface area (Å²) in [6.07, 6.45) is 33.1. The number of unbranched alkanes of at least 4 members (excludes halogenated alkanes) is 16. The predicted octanol–water partition coefficient (Wildman–Crippen LogP) is 11.0. The smallest absolute Gasteiger partial charge is 0.307 e. The Kier molecular flexibility index (Phi) is 30.4. The zero-order chi connectivity index (χ0) is 40.5. The molecule has 0 bridgehead atoms. The van der Waals surface area contributed by atoms with Crippen molar-refractivity contribution in [3.05, 3.63) is 18.0 Å². The van der Waals surface area contributed by atoms with Crippen molar-refractivity contribution in [3.63, 3.8) is 0 Å². The van der Waals surface area contributed by atoms with E-state index in [1.807, 2.05) is 10.9 Å². The molecule has 326 valence electrons. The van der Waals surface area contributed by atoms with E-state index in [9.17, 15) is 9.59 Å². The zero-order valence-electron chi connectivity index (χ0n) is 37.4. The van der Waals surface area contributed by atoms with Gasteiger partial charge in [0.25, 0.3) is 0 Å². The van der Waals surface area contributed by atoms with Gasteiger partial charge in [0.05, 0.1) is 25.6 Å². The van der Waals surface area contributed by atoms with E-state index in [1.54, 1.807) is 0 Å². The first-order valence-corrected chi connectivity index (χ1v) is 23.9. The fourth-order valence-electron chi connectivity index (χ4n) is 7.87. The molecule has 0 saturated carbocycles. The molecule has 1 aromatic heterocycles. The average Bonchev–Trinajstić information content (AvgIpc) is 3.65. The van der Waals surface area contributed by atoms with Crippen LogP contribution in [0.2, 0.25) is 0 Å². The van der Waals surface area contributed by atoms with Gasteiger partial charge in [-0.25, -0.2) is 0 Å². The number of esters is 2. The molecule has 2 unspecified atom stereocenters. The third-order valence-electron chi connectivity index (χ3n) is 11.7. The number of nitrogens with zero attached hydrogens (tertiary/aromatic N) is 5. The molecular weight excluding hydrogens is 699 g/mol. The molecular formula is C47H89N5O4. The van der Waals surface area contributed by atoms with Crippen molar-refractivity contribution in [2.24, 2.45) is 0 Å². The molecule has 0 amide bonds. The number of piperazine rings is 1. The topological polar surface area (TPSA) is 80.1 Å². The number of carbonyl (C=O) groups is 2. The van der Waals surface area contributed by atoms with Gasteiger partial charge in [0.15, 0.2) is 0 Å². The molecule has 1 fully saturated rings. The lowest BCUT2D eigenvalue weighted by molar-refractivity contribution is -0.150. The maximum absolute atomic E-state index is 13.4. The minimum Gasteiger partial charge on any atom is -0.462 e. The van der Waals surface area contributed by atoms with E-state index in [1.165, 1.54) is 103 Å². The number of hydrogen-bond donors (Lipinski definition) is 0. The van der Waals surface area contributed by atoms with Gasteiger partial charge in [-0.2, -0.15) is 5.10 Å². The number of carbonyl (C=O) groups excluding carboxylic acids is 2. The second-order valence-corrected chi connectivity index (χ2v) is 17.1. The van der Waals surface area contributed by atoms with Crippen LogP contribution in [0.3, 0.4) is 0 Å². The molecule has 1 aliphatic rings. The molecule has 1 saturated heterocycles. The highest BCUT2D eigenvalue weighted by Gasteiger charge is 2.20. The first-order valence-electron chi connectivity index (χ1n) is 23.9. The van der Waals surface area contributed by atoms with Crippen LogP contribution in [0.25, 0.3) is 0 Å². The molecule has 56 heavy (non-hydrogen) atoms. The molecule has 1 aliphatic heterocycles. The molecule has 0 radical (unpaired) electrons. The Labute approximate surface area is 345 Å². The summed E-state index contributed by atoms with van der Waals surface area (Å²) >= 11 is 0. The van der Waals surface area contributed by atoms with Crippen molar-refractivity contribution < 1.29 is 19.1 Å². The maximum atomic E-state index is 13.4. The number of rotatable bonds is 37. The number of likely N-dealkylation sites (N-methyl/N-ethyl adjacent to an activating group) is 1. The quantitative estimate of drug-likeness (QED) is 0.0487. The van der Waals surface area contributed by atoms with Crippen LogP contribution in [-0.2, 0) is 32.2 Å². The number of ether oxygens (including phenoxy) is 2. The van der Waals surface area contributed by atoms with E-state index in [2.05, 4.69) is 55.6 Å². The molecule has 0 N–H and O–H groups in total. The molecule has 0 aliphatic carbocycles. The van der Waals surface area contributed by atoms with Crippen molar-refractivity contribution in [2.45, 2.75) is 220 Å². The second-order valence-electron chi connectivity index (χ2n) is 17.1. The van der Waals surface area contributed by atoms with Crippen LogP contribution in [0.5, 0.6) is 0 Å². The highest BCUT2D eigenvalue weighted by molar-refractivity contribution is 5.70. The van der Waals surface area contributed by atoms with E-state index in [0.717, 1.165) is 96.2 Å². The van der Waals surface area contributed by atoms with Crippen LogP contribution < -0.4 is 0 Å². The molecule has 1 aromatic rings. The molecule has 2 heterocycles. The van der Waals surface area contributed by atoms with Gasteiger partial charge in [-0.15, -0.1) is 0 Å². The summed E-state index contributed by atoms with van der Waals surface area (Å²) in [5.74, 6) is -0.226. The standard InChI is InChI=1S/C47H89N5O4/c1-6-10-14-18-20-24-28-44(26-22-16-12-8-3)55-46(53)30-32-51(41-43-40-48-52(42-43)39-38-50-36-34-49(5)35-37-50)33-31-47(54)56-45(27-23-17-13-9-4)29-25-21-19-15-11-7-2/h40,42,44-45H,6-39,41H2,1-5H3. The maximum Gasteiger partial charge on any atom is 0.307 e. The van der Waals surface area contributed by atoms with E-state index >= 15 is 0 Å². The van der Waals surface area contributed by atoms with Crippen molar-refractivity contribution in [3.8, 4) is 0 Å². The van der Waals surface area contributed by atoms with Gasteiger partial charge < -0.3 is 14.4 Å². The van der Waals surface area contributed by atoms with Gasteiger partial charge in [0.2, 0.25) is 0 Å². The third kappa shape index (κ3) is 26.1. The predicted molar refractivity (Wildman–Crippen MR) is 234 cm³/mol. The van der Waals surface area contributed by atoms with Crippen molar-refractivity contribution >= 4 is 11.9 Å². The molecule has 2 rings (SSSR count).